The number of sulfonamides is 1. The van der Waals surface area contributed by atoms with Gasteiger partial charge in [0.05, 0.1) is 11.9 Å². The predicted octanol–water partition coefficient (Wildman–Crippen LogP) is 3.72. The second-order valence-corrected chi connectivity index (χ2v) is 10.9. The molecule has 0 aliphatic heterocycles. The second kappa shape index (κ2) is 11.2. The molecular weight excluding hydrogens is 481 g/mol. The molecule has 1 aliphatic rings. The number of hydrogen-bond donors (Lipinski definition) is 1. The predicted molar refractivity (Wildman–Crippen MR) is 130 cm³/mol. The van der Waals surface area contributed by atoms with Crippen molar-refractivity contribution in [2.75, 3.05) is 17.1 Å². The molecule has 184 valence electrons. The van der Waals surface area contributed by atoms with Crippen LogP contribution in [0.25, 0.3) is 0 Å². The van der Waals surface area contributed by atoms with E-state index in [-0.39, 0.29) is 24.2 Å². The van der Waals surface area contributed by atoms with Gasteiger partial charge in [-0.2, -0.15) is 0 Å². The van der Waals surface area contributed by atoms with Crippen molar-refractivity contribution in [2.24, 2.45) is 0 Å². The summed E-state index contributed by atoms with van der Waals surface area (Å²) in [5.74, 6) is -1.53. The fraction of sp³-hybridized carbons (Fsp3) is 0.417. The fourth-order valence-electron chi connectivity index (χ4n) is 4.05. The summed E-state index contributed by atoms with van der Waals surface area (Å²) in [6.45, 7) is 1.09. The standard InChI is InChI=1S/C24H29ClFN3O4S/c1-17(24(31)27-21-10-3-4-11-21)28(15-18-7-5-8-19(25)13-18)23(30)16-29(34(2,32)33)22-12-6-9-20(26)14-22/h5-9,12-14,17,21H,3-4,10-11,15-16H2,1-2H3,(H,27,31)/t17-/m1/s1. The monoisotopic (exact) mass is 509 g/mol. The zero-order chi connectivity index (χ0) is 24.9. The minimum atomic E-state index is -3.91. The molecule has 0 radical (unpaired) electrons. The van der Waals surface area contributed by atoms with Crippen molar-refractivity contribution in [3.05, 3.63) is 64.9 Å². The zero-order valence-electron chi connectivity index (χ0n) is 19.2. The van der Waals surface area contributed by atoms with Crippen LogP contribution in [-0.4, -0.2) is 50.0 Å². The number of nitrogens with one attached hydrogen (secondary N) is 1. The Hall–Kier alpha value is -2.65. The van der Waals surface area contributed by atoms with Crippen LogP contribution >= 0.6 is 11.6 Å². The van der Waals surface area contributed by atoms with Crippen molar-refractivity contribution < 1.29 is 22.4 Å². The number of halogens is 2. The quantitative estimate of drug-likeness (QED) is 0.558. The smallest absolute Gasteiger partial charge is 0.244 e. The third-order valence-electron chi connectivity index (χ3n) is 5.89. The van der Waals surface area contributed by atoms with E-state index >= 15 is 0 Å². The van der Waals surface area contributed by atoms with Gasteiger partial charge in [-0.05, 0) is 55.7 Å². The highest BCUT2D eigenvalue weighted by molar-refractivity contribution is 7.92. The lowest BCUT2D eigenvalue weighted by molar-refractivity contribution is -0.139. The van der Waals surface area contributed by atoms with E-state index in [2.05, 4.69) is 5.32 Å². The first kappa shape index (κ1) is 26.0. The molecule has 0 aromatic heterocycles. The van der Waals surface area contributed by atoms with E-state index < -0.39 is 34.3 Å². The highest BCUT2D eigenvalue weighted by Crippen LogP contribution is 2.22. The van der Waals surface area contributed by atoms with Gasteiger partial charge in [0.25, 0.3) is 0 Å². The first-order valence-electron chi connectivity index (χ1n) is 11.1. The van der Waals surface area contributed by atoms with E-state index in [0.717, 1.165) is 42.3 Å². The molecule has 0 heterocycles. The van der Waals surface area contributed by atoms with Crippen LogP contribution < -0.4 is 9.62 Å². The number of benzene rings is 2. The van der Waals surface area contributed by atoms with Crippen LogP contribution in [0.2, 0.25) is 5.02 Å². The number of carbonyl (C=O) groups is 2. The van der Waals surface area contributed by atoms with Crippen molar-refractivity contribution in [2.45, 2.75) is 51.2 Å². The lowest BCUT2D eigenvalue weighted by Crippen LogP contribution is -2.52. The van der Waals surface area contributed by atoms with Crippen LogP contribution in [0.1, 0.15) is 38.2 Å². The minimum absolute atomic E-state index is 0.0293. The molecule has 1 N–H and O–H groups in total. The fourth-order valence-corrected chi connectivity index (χ4v) is 5.11. The summed E-state index contributed by atoms with van der Waals surface area (Å²) < 4.78 is 39.6. The lowest BCUT2D eigenvalue weighted by atomic mass is 10.1. The van der Waals surface area contributed by atoms with Crippen LogP contribution in [0.5, 0.6) is 0 Å². The molecule has 1 saturated carbocycles. The van der Waals surface area contributed by atoms with Crippen molar-refractivity contribution in [1.29, 1.82) is 0 Å². The van der Waals surface area contributed by atoms with Crippen LogP contribution in [0.15, 0.2) is 48.5 Å². The van der Waals surface area contributed by atoms with E-state index in [1.54, 1.807) is 31.2 Å². The van der Waals surface area contributed by atoms with Crippen molar-refractivity contribution in [3.63, 3.8) is 0 Å². The Labute approximate surface area is 204 Å². The van der Waals surface area contributed by atoms with Crippen LogP contribution in [0.3, 0.4) is 0 Å². The number of carbonyl (C=O) groups excluding carboxylic acids is 2. The van der Waals surface area contributed by atoms with E-state index in [1.807, 2.05) is 0 Å². The van der Waals surface area contributed by atoms with E-state index in [1.165, 1.54) is 23.1 Å². The molecule has 0 spiro atoms. The van der Waals surface area contributed by atoms with Gasteiger partial charge in [-0.3, -0.25) is 13.9 Å². The largest absolute Gasteiger partial charge is 0.352 e. The van der Waals surface area contributed by atoms with Gasteiger partial charge in [-0.15, -0.1) is 0 Å². The molecule has 0 unspecified atom stereocenters. The van der Waals surface area contributed by atoms with Gasteiger partial charge < -0.3 is 10.2 Å². The molecule has 34 heavy (non-hydrogen) atoms. The number of hydrogen-bond acceptors (Lipinski definition) is 4. The molecule has 1 aliphatic carbocycles. The Morgan fingerprint density at radius 1 is 1.15 bits per heavy atom. The summed E-state index contributed by atoms with van der Waals surface area (Å²) in [6, 6.07) is 11.1. The molecule has 2 aromatic rings. The SMILES string of the molecule is C[C@H](C(=O)NC1CCCC1)N(Cc1cccc(Cl)c1)C(=O)CN(c1cccc(F)c1)S(C)(=O)=O. The lowest BCUT2D eigenvalue weighted by Gasteiger charge is -2.32. The average molecular weight is 510 g/mol. The molecular formula is C24H29ClFN3O4S. The summed E-state index contributed by atoms with van der Waals surface area (Å²) in [7, 11) is -3.91. The van der Waals surface area contributed by atoms with Crippen molar-refractivity contribution in [1.82, 2.24) is 10.2 Å². The molecule has 0 saturated heterocycles. The average Bonchev–Trinajstić information content (AvgIpc) is 3.27. The first-order valence-corrected chi connectivity index (χ1v) is 13.3. The number of rotatable bonds is 9. The molecule has 0 bridgehead atoms. The first-order chi connectivity index (χ1) is 16.0. The third-order valence-corrected chi connectivity index (χ3v) is 7.26. The normalized spacial score (nSPS) is 15.1. The molecule has 2 amide bonds. The van der Waals surface area contributed by atoms with Crippen LogP contribution in [0, 0.1) is 5.82 Å². The Morgan fingerprint density at radius 2 is 1.82 bits per heavy atom. The number of amides is 2. The Kier molecular flexibility index (Phi) is 8.54. The maximum atomic E-state index is 13.8. The zero-order valence-corrected chi connectivity index (χ0v) is 20.8. The van der Waals surface area contributed by atoms with Gasteiger partial charge >= 0.3 is 0 Å². The van der Waals surface area contributed by atoms with Crippen molar-refractivity contribution >= 4 is 39.1 Å². The molecule has 1 atom stereocenters. The van der Waals surface area contributed by atoms with Crippen LogP contribution in [0.4, 0.5) is 10.1 Å². The van der Waals surface area contributed by atoms with Gasteiger partial charge in [0.1, 0.15) is 18.4 Å². The number of anilines is 1. The molecule has 7 nitrogen and oxygen atoms in total. The van der Waals surface area contributed by atoms with Gasteiger partial charge in [-0.25, -0.2) is 12.8 Å². The van der Waals surface area contributed by atoms with Gasteiger partial charge in [0.15, 0.2) is 0 Å². The highest BCUT2D eigenvalue weighted by Gasteiger charge is 2.31. The maximum Gasteiger partial charge on any atom is 0.244 e. The maximum absolute atomic E-state index is 13.8. The summed E-state index contributed by atoms with van der Waals surface area (Å²) in [4.78, 5) is 27.8. The summed E-state index contributed by atoms with van der Waals surface area (Å²) >= 11 is 6.10. The highest BCUT2D eigenvalue weighted by atomic mass is 35.5. The third kappa shape index (κ3) is 6.93. The summed E-state index contributed by atoms with van der Waals surface area (Å²) in [5, 5.41) is 3.47. The van der Waals surface area contributed by atoms with Gasteiger partial charge in [0, 0.05) is 17.6 Å². The Balaban J connectivity index is 1.88. The van der Waals surface area contributed by atoms with E-state index in [9.17, 15) is 22.4 Å². The summed E-state index contributed by atoms with van der Waals surface area (Å²) in [6.07, 6.45) is 4.82. The number of nitrogens with zero attached hydrogens (tertiary/aromatic N) is 2. The molecule has 10 heteroatoms. The second-order valence-electron chi connectivity index (χ2n) is 8.57. The minimum Gasteiger partial charge on any atom is -0.352 e. The van der Waals surface area contributed by atoms with E-state index in [4.69, 9.17) is 11.6 Å². The van der Waals surface area contributed by atoms with Gasteiger partial charge in [0.2, 0.25) is 21.8 Å². The van der Waals surface area contributed by atoms with Gasteiger partial charge in [-0.1, -0.05) is 42.6 Å². The van der Waals surface area contributed by atoms with E-state index in [0.29, 0.717) is 10.6 Å². The summed E-state index contributed by atoms with van der Waals surface area (Å²) in [5.41, 5.74) is 0.722. The van der Waals surface area contributed by atoms with Crippen LogP contribution in [-0.2, 0) is 26.2 Å². The molecule has 3 rings (SSSR count). The molecule has 1 fully saturated rings. The molecule has 2 aromatic carbocycles. The Morgan fingerprint density at radius 3 is 2.44 bits per heavy atom. The van der Waals surface area contributed by atoms with Crippen molar-refractivity contribution in [3.8, 4) is 0 Å². The Bertz CT molecular complexity index is 1140. The topological polar surface area (TPSA) is 86.8 Å².